The van der Waals surface area contributed by atoms with Crippen molar-refractivity contribution in [3.8, 4) is 0 Å². The number of aryl methyl sites for hydroxylation is 3. The first kappa shape index (κ1) is 18.3. The van der Waals surface area contributed by atoms with Gasteiger partial charge in [-0.2, -0.15) is 0 Å². The molecule has 0 fully saturated rings. The Morgan fingerprint density at radius 2 is 1.96 bits per heavy atom. The van der Waals surface area contributed by atoms with Crippen LogP contribution >= 0.6 is 11.8 Å². The van der Waals surface area contributed by atoms with Gasteiger partial charge in [-0.3, -0.25) is 9.47 Å². The van der Waals surface area contributed by atoms with Crippen molar-refractivity contribution in [2.24, 2.45) is 0 Å². The number of anilines is 1. The molecule has 0 aliphatic carbocycles. The molecule has 0 aliphatic heterocycles. The molecule has 0 bridgehead atoms. The fraction of sp³-hybridized carbons (Fsp3) is 0.316. The van der Waals surface area contributed by atoms with Crippen LogP contribution in [0, 0.1) is 13.8 Å². The van der Waals surface area contributed by atoms with E-state index in [0.29, 0.717) is 5.16 Å². The lowest BCUT2D eigenvalue weighted by molar-refractivity contribution is -0.113. The summed E-state index contributed by atoms with van der Waals surface area (Å²) in [6, 6.07) is 9.90. The zero-order chi connectivity index (χ0) is 18.5. The summed E-state index contributed by atoms with van der Waals surface area (Å²) in [6.07, 6.45) is 5.71. The largest absolute Gasteiger partial charge is 0.325 e. The Bertz CT molecular complexity index is 885. The lowest BCUT2D eigenvalue weighted by Gasteiger charge is -2.11. The van der Waals surface area contributed by atoms with E-state index in [1.165, 1.54) is 17.3 Å². The summed E-state index contributed by atoms with van der Waals surface area (Å²) in [7, 11) is 0. The molecule has 0 atom stereocenters. The van der Waals surface area contributed by atoms with Gasteiger partial charge in [0.2, 0.25) is 11.1 Å². The molecular weight excluding hydrogens is 346 g/mol. The zero-order valence-electron chi connectivity index (χ0n) is 15.3. The van der Waals surface area contributed by atoms with Crippen LogP contribution in [0.1, 0.15) is 30.3 Å². The number of hydrogen-bond acceptors (Lipinski definition) is 4. The average Bonchev–Trinajstić information content (AvgIpc) is 3.25. The Kier molecular flexibility index (Phi) is 5.78. The maximum Gasteiger partial charge on any atom is 0.234 e. The molecule has 7 heteroatoms. The number of nitrogens with one attached hydrogen (secondary N) is 1. The summed E-state index contributed by atoms with van der Waals surface area (Å²) in [4.78, 5) is 12.4. The first-order valence-electron chi connectivity index (χ1n) is 8.66. The lowest BCUT2D eigenvalue weighted by atomic mass is 10.1. The molecule has 6 nitrogen and oxygen atoms in total. The average molecular weight is 369 g/mol. The lowest BCUT2D eigenvalue weighted by Crippen LogP contribution is -2.17. The van der Waals surface area contributed by atoms with Crippen molar-refractivity contribution >= 4 is 23.4 Å². The smallest absolute Gasteiger partial charge is 0.234 e. The maximum atomic E-state index is 12.4. The number of carbonyl (C=O) groups excluding carboxylic acids is 1. The second-order valence-corrected chi connectivity index (χ2v) is 7.12. The summed E-state index contributed by atoms with van der Waals surface area (Å²) in [5.74, 6) is 1.11. The molecule has 136 valence electrons. The molecule has 0 saturated heterocycles. The highest BCUT2D eigenvalue weighted by atomic mass is 32.2. The van der Waals surface area contributed by atoms with Crippen LogP contribution in [0.15, 0.2) is 47.9 Å². The topological polar surface area (TPSA) is 64.7 Å². The predicted molar refractivity (Wildman–Crippen MR) is 105 cm³/mol. The summed E-state index contributed by atoms with van der Waals surface area (Å²) in [5.41, 5.74) is 3.09. The number of aromatic nitrogens is 4. The highest BCUT2D eigenvalue weighted by Gasteiger charge is 2.15. The molecule has 2 heterocycles. The van der Waals surface area contributed by atoms with Gasteiger partial charge in [0.1, 0.15) is 0 Å². The summed E-state index contributed by atoms with van der Waals surface area (Å²) < 4.78 is 3.90. The quantitative estimate of drug-likeness (QED) is 0.645. The number of benzene rings is 1. The van der Waals surface area contributed by atoms with Gasteiger partial charge in [0, 0.05) is 24.5 Å². The van der Waals surface area contributed by atoms with Crippen LogP contribution in [-0.2, 0) is 11.2 Å². The molecule has 2 aromatic heterocycles. The molecule has 0 aliphatic rings. The van der Waals surface area contributed by atoms with Crippen molar-refractivity contribution in [2.75, 3.05) is 11.1 Å². The second-order valence-electron chi connectivity index (χ2n) is 6.18. The minimum absolute atomic E-state index is 0.0546. The van der Waals surface area contributed by atoms with Crippen LogP contribution in [-0.4, -0.2) is 31.2 Å². The Balaban J connectivity index is 1.70. The molecule has 3 aromatic rings. The van der Waals surface area contributed by atoms with Crippen LogP contribution in [0.4, 0.5) is 5.69 Å². The van der Waals surface area contributed by atoms with E-state index in [-0.39, 0.29) is 11.7 Å². The first-order valence-corrected chi connectivity index (χ1v) is 9.65. The van der Waals surface area contributed by atoms with Gasteiger partial charge < -0.3 is 5.32 Å². The zero-order valence-corrected chi connectivity index (χ0v) is 16.1. The standard InChI is InChI=1S/C19H23N5OS/c1-4-7-17-21-22-19(24(17)23-10-5-6-11-23)26-13-18(25)20-16-9-8-14(2)12-15(16)3/h5-6,8-12H,4,7,13H2,1-3H3,(H,20,25). The minimum atomic E-state index is -0.0546. The van der Waals surface area contributed by atoms with Crippen molar-refractivity contribution in [1.29, 1.82) is 0 Å². The summed E-state index contributed by atoms with van der Waals surface area (Å²) in [6.45, 7) is 6.14. The Morgan fingerprint density at radius 1 is 1.19 bits per heavy atom. The number of rotatable bonds is 7. The van der Waals surface area contributed by atoms with E-state index in [1.807, 2.05) is 59.9 Å². The van der Waals surface area contributed by atoms with E-state index >= 15 is 0 Å². The number of carbonyl (C=O) groups is 1. The van der Waals surface area contributed by atoms with E-state index < -0.39 is 0 Å². The van der Waals surface area contributed by atoms with Gasteiger partial charge in [-0.1, -0.05) is 36.4 Å². The minimum Gasteiger partial charge on any atom is -0.325 e. The Labute approximate surface area is 157 Å². The highest BCUT2D eigenvalue weighted by Crippen LogP contribution is 2.20. The molecule has 1 amide bonds. The first-order chi connectivity index (χ1) is 12.6. The summed E-state index contributed by atoms with van der Waals surface area (Å²) >= 11 is 1.38. The van der Waals surface area contributed by atoms with E-state index in [2.05, 4.69) is 28.5 Å². The van der Waals surface area contributed by atoms with Crippen molar-refractivity contribution in [3.05, 3.63) is 59.7 Å². The van der Waals surface area contributed by atoms with Gasteiger partial charge >= 0.3 is 0 Å². The third-order valence-corrected chi connectivity index (χ3v) is 4.88. The van der Waals surface area contributed by atoms with Crippen LogP contribution in [0.25, 0.3) is 0 Å². The monoisotopic (exact) mass is 369 g/mol. The van der Waals surface area contributed by atoms with E-state index in [0.717, 1.165) is 29.9 Å². The maximum absolute atomic E-state index is 12.4. The Hall–Kier alpha value is -2.54. The highest BCUT2D eigenvalue weighted by molar-refractivity contribution is 7.99. The molecular formula is C19H23N5OS. The third-order valence-electron chi connectivity index (χ3n) is 3.96. The van der Waals surface area contributed by atoms with Gasteiger partial charge in [0.25, 0.3) is 0 Å². The molecule has 3 rings (SSSR count). The molecule has 0 saturated carbocycles. The number of amides is 1. The van der Waals surface area contributed by atoms with E-state index in [9.17, 15) is 4.79 Å². The number of nitrogens with zero attached hydrogens (tertiary/aromatic N) is 4. The number of thioether (sulfide) groups is 1. The predicted octanol–water partition coefficient (Wildman–Crippen LogP) is 3.69. The van der Waals surface area contributed by atoms with E-state index in [4.69, 9.17) is 0 Å². The van der Waals surface area contributed by atoms with Crippen LogP contribution in [0.3, 0.4) is 0 Å². The van der Waals surface area contributed by atoms with Crippen molar-refractivity contribution in [3.63, 3.8) is 0 Å². The molecule has 0 spiro atoms. The molecule has 0 unspecified atom stereocenters. The fourth-order valence-electron chi connectivity index (χ4n) is 2.73. The molecule has 1 aromatic carbocycles. The summed E-state index contributed by atoms with van der Waals surface area (Å²) in [5, 5.41) is 12.2. The molecule has 26 heavy (non-hydrogen) atoms. The molecule has 1 N–H and O–H groups in total. The van der Waals surface area contributed by atoms with Gasteiger partial charge in [0.15, 0.2) is 5.82 Å². The van der Waals surface area contributed by atoms with Crippen molar-refractivity contribution in [1.82, 2.24) is 19.5 Å². The van der Waals surface area contributed by atoms with Gasteiger partial charge in [0.05, 0.1) is 5.75 Å². The Morgan fingerprint density at radius 3 is 2.65 bits per heavy atom. The van der Waals surface area contributed by atoms with E-state index in [1.54, 1.807) is 0 Å². The number of hydrogen-bond donors (Lipinski definition) is 1. The second kappa shape index (κ2) is 8.23. The molecule has 0 radical (unpaired) electrons. The normalized spacial score (nSPS) is 10.9. The van der Waals surface area contributed by atoms with Gasteiger partial charge in [-0.15, -0.1) is 10.2 Å². The van der Waals surface area contributed by atoms with Gasteiger partial charge in [-0.05, 0) is 44.0 Å². The van der Waals surface area contributed by atoms with Crippen molar-refractivity contribution in [2.45, 2.75) is 38.8 Å². The van der Waals surface area contributed by atoms with Crippen LogP contribution in [0.5, 0.6) is 0 Å². The SMILES string of the molecule is CCCc1nnc(SCC(=O)Nc2ccc(C)cc2C)n1-n1cccc1. The van der Waals surface area contributed by atoms with Crippen LogP contribution in [0.2, 0.25) is 0 Å². The fourth-order valence-corrected chi connectivity index (χ4v) is 3.48. The van der Waals surface area contributed by atoms with Crippen molar-refractivity contribution < 1.29 is 4.79 Å². The van der Waals surface area contributed by atoms with Crippen LogP contribution < -0.4 is 5.32 Å². The van der Waals surface area contributed by atoms with Gasteiger partial charge in [-0.25, -0.2) is 4.68 Å². The third kappa shape index (κ3) is 4.16.